The molecule has 3 aromatic carbocycles. The molecule has 34 heavy (non-hydrogen) atoms. The second kappa shape index (κ2) is 9.97. The van der Waals surface area contributed by atoms with Gasteiger partial charge in [-0.3, -0.25) is 14.5 Å². The standard InChI is InChI=1S/C26H23ClN2O5/c1-16(25(32)29(14-24(30)31)18-8-6-7-17(27)13-18)28-26(33)34-15-23-21-11-4-2-9-19(21)20-10-3-5-12-22(20)23/h2-13,16,23H,14-15H2,1H3,(H,28,33)(H,30,31). The second-order valence-electron chi connectivity index (χ2n) is 7.99. The molecule has 1 unspecified atom stereocenters. The van der Waals surface area contributed by atoms with Crippen molar-refractivity contribution in [2.45, 2.75) is 18.9 Å². The average Bonchev–Trinajstić information content (AvgIpc) is 3.14. The van der Waals surface area contributed by atoms with Gasteiger partial charge in [-0.1, -0.05) is 66.2 Å². The van der Waals surface area contributed by atoms with Gasteiger partial charge in [0.2, 0.25) is 5.91 Å². The zero-order chi connectivity index (χ0) is 24.2. The zero-order valence-corrected chi connectivity index (χ0v) is 19.2. The number of rotatable bonds is 7. The maximum absolute atomic E-state index is 13.0. The van der Waals surface area contributed by atoms with Crippen LogP contribution in [0.4, 0.5) is 10.5 Å². The average molecular weight is 479 g/mol. The van der Waals surface area contributed by atoms with Crippen LogP contribution in [0.15, 0.2) is 72.8 Å². The lowest BCUT2D eigenvalue weighted by atomic mass is 9.98. The van der Waals surface area contributed by atoms with Gasteiger partial charge in [-0.15, -0.1) is 0 Å². The van der Waals surface area contributed by atoms with E-state index in [4.69, 9.17) is 16.3 Å². The van der Waals surface area contributed by atoms with Crippen LogP contribution in [-0.2, 0) is 14.3 Å². The highest BCUT2D eigenvalue weighted by atomic mass is 35.5. The molecule has 1 atom stereocenters. The van der Waals surface area contributed by atoms with Crippen molar-refractivity contribution >= 4 is 35.3 Å². The first-order valence-electron chi connectivity index (χ1n) is 10.8. The van der Waals surface area contributed by atoms with Gasteiger partial charge in [0.1, 0.15) is 19.2 Å². The van der Waals surface area contributed by atoms with Crippen LogP contribution in [0.3, 0.4) is 0 Å². The number of hydrogen-bond acceptors (Lipinski definition) is 4. The molecule has 0 aromatic heterocycles. The fourth-order valence-corrected chi connectivity index (χ4v) is 4.37. The number of halogens is 1. The number of alkyl carbamates (subject to hydrolysis) is 1. The summed E-state index contributed by atoms with van der Waals surface area (Å²) in [6, 6.07) is 21.2. The first-order valence-corrected chi connectivity index (χ1v) is 11.1. The van der Waals surface area contributed by atoms with Gasteiger partial charge >= 0.3 is 12.1 Å². The fourth-order valence-electron chi connectivity index (χ4n) is 4.19. The molecule has 0 radical (unpaired) electrons. The van der Waals surface area contributed by atoms with Crippen LogP contribution in [0, 0.1) is 0 Å². The predicted octanol–water partition coefficient (Wildman–Crippen LogP) is 4.68. The normalized spacial score (nSPS) is 12.9. The molecule has 174 valence electrons. The summed E-state index contributed by atoms with van der Waals surface area (Å²) in [5, 5.41) is 12.1. The SMILES string of the molecule is CC(NC(=O)OCC1c2ccccc2-c2ccccc21)C(=O)N(CC(=O)O)c1cccc(Cl)c1. The maximum atomic E-state index is 13.0. The number of nitrogens with zero attached hydrogens (tertiary/aromatic N) is 1. The lowest BCUT2D eigenvalue weighted by Crippen LogP contribution is -2.49. The van der Waals surface area contributed by atoms with E-state index >= 15 is 0 Å². The van der Waals surface area contributed by atoms with Crippen LogP contribution in [-0.4, -0.2) is 42.3 Å². The van der Waals surface area contributed by atoms with Crippen molar-refractivity contribution in [3.63, 3.8) is 0 Å². The highest BCUT2D eigenvalue weighted by Crippen LogP contribution is 2.44. The minimum absolute atomic E-state index is 0.105. The van der Waals surface area contributed by atoms with Crippen molar-refractivity contribution in [3.05, 3.63) is 88.9 Å². The predicted molar refractivity (Wildman–Crippen MR) is 129 cm³/mol. The first kappa shape index (κ1) is 23.3. The monoisotopic (exact) mass is 478 g/mol. The Labute approximate surface area is 201 Å². The molecular weight excluding hydrogens is 456 g/mol. The lowest BCUT2D eigenvalue weighted by Gasteiger charge is -2.25. The molecule has 7 nitrogen and oxygen atoms in total. The summed E-state index contributed by atoms with van der Waals surface area (Å²) >= 11 is 5.99. The number of aliphatic carboxylic acids is 1. The quantitative estimate of drug-likeness (QED) is 0.513. The van der Waals surface area contributed by atoms with Gasteiger partial charge in [-0.25, -0.2) is 4.79 Å². The molecule has 3 aromatic rings. The van der Waals surface area contributed by atoms with E-state index in [1.165, 1.54) is 13.0 Å². The Kier molecular flexibility index (Phi) is 6.84. The van der Waals surface area contributed by atoms with Crippen LogP contribution in [0.1, 0.15) is 24.0 Å². The third-order valence-corrected chi connectivity index (χ3v) is 5.96. The largest absolute Gasteiger partial charge is 0.480 e. The topological polar surface area (TPSA) is 95.9 Å². The summed E-state index contributed by atoms with van der Waals surface area (Å²) in [7, 11) is 0. The molecule has 2 amide bonds. The van der Waals surface area contributed by atoms with E-state index in [9.17, 15) is 19.5 Å². The Morgan fingerprint density at radius 2 is 1.62 bits per heavy atom. The van der Waals surface area contributed by atoms with Gasteiger partial charge < -0.3 is 15.2 Å². The van der Waals surface area contributed by atoms with Crippen molar-refractivity contribution in [1.82, 2.24) is 5.32 Å². The first-order chi connectivity index (χ1) is 16.3. The molecule has 0 bridgehead atoms. The number of anilines is 1. The summed E-state index contributed by atoms with van der Waals surface area (Å²) < 4.78 is 5.49. The van der Waals surface area contributed by atoms with Crippen molar-refractivity contribution in [2.24, 2.45) is 0 Å². The minimum Gasteiger partial charge on any atom is -0.480 e. The van der Waals surface area contributed by atoms with Crippen LogP contribution in [0.2, 0.25) is 5.02 Å². The number of carbonyl (C=O) groups is 3. The third kappa shape index (κ3) is 4.89. The van der Waals surface area contributed by atoms with Crippen molar-refractivity contribution < 1.29 is 24.2 Å². The molecule has 8 heteroatoms. The summed E-state index contributed by atoms with van der Waals surface area (Å²) in [4.78, 5) is 37.9. The number of ether oxygens (including phenoxy) is 1. The summed E-state index contributed by atoms with van der Waals surface area (Å²) in [5.74, 6) is -1.90. The van der Waals surface area contributed by atoms with Crippen molar-refractivity contribution in [2.75, 3.05) is 18.1 Å². The maximum Gasteiger partial charge on any atom is 0.407 e. The molecule has 0 spiro atoms. The van der Waals surface area contributed by atoms with E-state index in [-0.39, 0.29) is 12.5 Å². The number of benzene rings is 3. The molecular formula is C26H23ClN2O5. The third-order valence-electron chi connectivity index (χ3n) is 5.73. The van der Waals surface area contributed by atoms with Gasteiger partial charge in [0, 0.05) is 16.6 Å². The molecule has 0 aliphatic heterocycles. The van der Waals surface area contributed by atoms with Gasteiger partial charge in [0.05, 0.1) is 0 Å². The second-order valence-corrected chi connectivity index (χ2v) is 8.43. The van der Waals surface area contributed by atoms with E-state index in [0.717, 1.165) is 27.2 Å². The molecule has 1 aliphatic carbocycles. The molecule has 1 aliphatic rings. The van der Waals surface area contributed by atoms with Crippen LogP contribution >= 0.6 is 11.6 Å². The van der Waals surface area contributed by atoms with Gasteiger partial charge in [-0.2, -0.15) is 0 Å². The van der Waals surface area contributed by atoms with Crippen molar-refractivity contribution in [3.8, 4) is 11.1 Å². The summed E-state index contributed by atoms with van der Waals surface area (Å²) in [6.45, 7) is 1.01. The number of amides is 2. The smallest absolute Gasteiger partial charge is 0.407 e. The van der Waals surface area contributed by atoms with E-state index in [2.05, 4.69) is 5.32 Å². The van der Waals surface area contributed by atoms with Crippen LogP contribution in [0.5, 0.6) is 0 Å². The Morgan fingerprint density at radius 1 is 1.00 bits per heavy atom. The van der Waals surface area contributed by atoms with E-state index < -0.39 is 30.6 Å². The Bertz CT molecular complexity index is 1200. The highest BCUT2D eigenvalue weighted by molar-refractivity contribution is 6.31. The number of carboxylic acid groups (broad SMARTS) is 1. The lowest BCUT2D eigenvalue weighted by molar-refractivity contribution is -0.136. The van der Waals surface area contributed by atoms with E-state index in [1.807, 2.05) is 48.5 Å². The number of carbonyl (C=O) groups excluding carboxylic acids is 2. The van der Waals surface area contributed by atoms with Gasteiger partial charge in [-0.05, 0) is 47.4 Å². The molecule has 0 fully saturated rings. The molecule has 0 saturated heterocycles. The Morgan fingerprint density at radius 3 is 2.21 bits per heavy atom. The minimum atomic E-state index is -1.19. The highest BCUT2D eigenvalue weighted by Gasteiger charge is 2.30. The number of nitrogens with one attached hydrogen (secondary N) is 1. The zero-order valence-electron chi connectivity index (χ0n) is 18.4. The summed E-state index contributed by atoms with van der Waals surface area (Å²) in [5.41, 5.74) is 4.70. The van der Waals surface area contributed by atoms with E-state index in [0.29, 0.717) is 10.7 Å². The molecule has 2 N–H and O–H groups in total. The molecule has 4 rings (SSSR count). The molecule has 0 heterocycles. The number of hydrogen-bond donors (Lipinski definition) is 2. The van der Waals surface area contributed by atoms with E-state index in [1.54, 1.807) is 18.2 Å². The van der Waals surface area contributed by atoms with Crippen LogP contribution < -0.4 is 10.2 Å². The van der Waals surface area contributed by atoms with Crippen molar-refractivity contribution in [1.29, 1.82) is 0 Å². The van der Waals surface area contributed by atoms with Crippen LogP contribution in [0.25, 0.3) is 11.1 Å². The van der Waals surface area contributed by atoms with Gasteiger partial charge in [0.15, 0.2) is 0 Å². The fraction of sp³-hybridized carbons (Fsp3) is 0.192. The van der Waals surface area contributed by atoms with Gasteiger partial charge in [0.25, 0.3) is 0 Å². The Balaban J connectivity index is 1.43. The number of fused-ring (bicyclic) bond motifs is 3. The Hall–Kier alpha value is -3.84. The number of carboxylic acids is 1. The molecule has 0 saturated carbocycles. The summed E-state index contributed by atoms with van der Waals surface area (Å²) in [6.07, 6.45) is -0.760.